The summed E-state index contributed by atoms with van der Waals surface area (Å²) in [5, 5.41) is 8.30. The maximum Gasteiger partial charge on any atom is 0.123 e. The zero-order valence-electron chi connectivity index (χ0n) is 5.80. The van der Waals surface area contributed by atoms with Gasteiger partial charge in [-0.15, -0.1) is 0 Å². The summed E-state index contributed by atoms with van der Waals surface area (Å²) in [4.78, 5) is 0. The van der Waals surface area contributed by atoms with Crippen molar-refractivity contribution in [2.45, 2.75) is 11.4 Å². The highest BCUT2D eigenvalue weighted by Crippen LogP contribution is 2.08. The van der Waals surface area contributed by atoms with Crippen molar-refractivity contribution < 1.29 is 9.50 Å². The third-order valence-electron chi connectivity index (χ3n) is 1.29. The first-order chi connectivity index (χ1) is 5.18. The van der Waals surface area contributed by atoms with Crippen molar-refractivity contribution >= 4 is 15.9 Å². The van der Waals surface area contributed by atoms with Gasteiger partial charge in [0.2, 0.25) is 0 Å². The first kappa shape index (κ1) is 8.68. The highest BCUT2D eigenvalue weighted by Gasteiger charge is 2.00. The molecule has 0 aliphatic carbocycles. The van der Waals surface area contributed by atoms with Gasteiger partial charge in [-0.05, 0) is 17.7 Å². The molecule has 0 saturated heterocycles. The lowest BCUT2D eigenvalue weighted by Crippen LogP contribution is -1.99. The minimum absolute atomic E-state index is 0.268. The number of aliphatic hydroxyl groups excluding tert-OH is 1. The fourth-order valence-corrected chi connectivity index (χ4v) is 1.23. The summed E-state index contributed by atoms with van der Waals surface area (Å²) in [5.41, 5.74) is 0.786. The van der Waals surface area contributed by atoms with Crippen LogP contribution >= 0.6 is 15.9 Å². The quantitative estimate of drug-likeness (QED) is 0.755. The summed E-state index contributed by atoms with van der Waals surface area (Å²) < 4.78 is 12.5. The van der Waals surface area contributed by atoms with E-state index in [9.17, 15) is 4.39 Å². The second-order valence-corrected chi connectivity index (χ2v) is 3.33. The lowest BCUT2D eigenvalue weighted by atomic mass is 10.2. The molecule has 1 N–H and O–H groups in total. The van der Waals surface area contributed by atoms with Crippen LogP contribution < -0.4 is 0 Å². The summed E-state index contributed by atoms with van der Waals surface area (Å²) in [5.74, 6) is -0.268. The molecule has 0 amide bonds. The topological polar surface area (TPSA) is 20.2 Å². The SMILES string of the molecule is OC(Br)Cc1cccc(F)c1. The second-order valence-electron chi connectivity index (χ2n) is 2.27. The lowest BCUT2D eigenvalue weighted by Gasteiger charge is -2.01. The summed E-state index contributed by atoms with van der Waals surface area (Å²) in [6.45, 7) is 0. The average Bonchev–Trinajstić information content (AvgIpc) is 1.85. The molecule has 0 aliphatic rings. The Labute approximate surface area is 73.0 Å². The number of rotatable bonds is 2. The highest BCUT2D eigenvalue weighted by molar-refractivity contribution is 9.09. The van der Waals surface area contributed by atoms with Crippen molar-refractivity contribution in [2.24, 2.45) is 0 Å². The van der Waals surface area contributed by atoms with Gasteiger partial charge in [0.25, 0.3) is 0 Å². The van der Waals surface area contributed by atoms with Crippen LogP contribution in [0.2, 0.25) is 0 Å². The van der Waals surface area contributed by atoms with E-state index in [4.69, 9.17) is 5.11 Å². The first-order valence-corrected chi connectivity index (χ1v) is 4.16. The Morgan fingerprint density at radius 2 is 2.27 bits per heavy atom. The predicted molar refractivity (Wildman–Crippen MR) is 45.0 cm³/mol. The number of halogens is 2. The van der Waals surface area contributed by atoms with Crippen LogP contribution in [0.3, 0.4) is 0 Å². The van der Waals surface area contributed by atoms with E-state index in [0.29, 0.717) is 6.42 Å². The van der Waals surface area contributed by atoms with Gasteiger partial charge in [0.1, 0.15) is 10.8 Å². The number of alkyl halides is 1. The van der Waals surface area contributed by atoms with Crippen molar-refractivity contribution in [2.75, 3.05) is 0 Å². The Bertz CT molecular complexity index is 237. The van der Waals surface area contributed by atoms with E-state index >= 15 is 0 Å². The summed E-state index contributed by atoms with van der Waals surface area (Å²) in [6.07, 6.45) is 0.428. The van der Waals surface area contributed by atoms with Crippen LogP contribution in [0, 0.1) is 5.82 Å². The van der Waals surface area contributed by atoms with Crippen LogP contribution in [0.15, 0.2) is 24.3 Å². The van der Waals surface area contributed by atoms with Crippen LogP contribution in [0.4, 0.5) is 4.39 Å². The van der Waals surface area contributed by atoms with Crippen LogP contribution in [0.1, 0.15) is 5.56 Å². The van der Waals surface area contributed by atoms with E-state index in [0.717, 1.165) is 5.56 Å². The number of benzene rings is 1. The van der Waals surface area contributed by atoms with Crippen molar-refractivity contribution in [3.8, 4) is 0 Å². The molecule has 1 rings (SSSR count). The van der Waals surface area contributed by atoms with E-state index in [1.54, 1.807) is 12.1 Å². The fourth-order valence-electron chi connectivity index (χ4n) is 0.858. The average molecular weight is 219 g/mol. The van der Waals surface area contributed by atoms with Gasteiger partial charge in [-0.2, -0.15) is 0 Å². The Kier molecular flexibility index (Phi) is 3.02. The van der Waals surface area contributed by atoms with E-state index in [1.807, 2.05) is 0 Å². The van der Waals surface area contributed by atoms with Crippen molar-refractivity contribution in [3.63, 3.8) is 0 Å². The normalized spacial score (nSPS) is 13.0. The maximum absolute atomic E-state index is 12.5. The summed E-state index contributed by atoms with van der Waals surface area (Å²) in [7, 11) is 0. The highest BCUT2D eigenvalue weighted by atomic mass is 79.9. The molecule has 0 saturated carbocycles. The molecule has 0 aromatic heterocycles. The second kappa shape index (κ2) is 3.83. The Hall–Kier alpha value is -0.410. The van der Waals surface area contributed by atoms with Gasteiger partial charge in [0.15, 0.2) is 0 Å². The monoisotopic (exact) mass is 218 g/mol. The predicted octanol–water partition coefficient (Wildman–Crippen LogP) is 2.08. The standard InChI is InChI=1S/C8H8BrFO/c9-8(11)5-6-2-1-3-7(10)4-6/h1-4,8,11H,5H2. The largest absolute Gasteiger partial charge is 0.382 e. The molecule has 1 nitrogen and oxygen atoms in total. The van der Waals surface area contributed by atoms with Crippen molar-refractivity contribution in [1.29, 1.82) is 0 Å². The number of hydrogen-bond donors (Lipinski definition) is 1. The zero-order chi connectivity index (χ0) is 8.27. The van der Waals surface area contributed by atoms with E-state index in [2.05, 4.69) is 15.9 Å². The molecule has 1 aromatic rings. The fraction of sp³-hybridized carbons (Fsp3) is 0.250. The number of hydrogen-bond acceptors (Lipinski definition) is 1. The lowest BCUT2D eigenvalue weighted by molar-refractivity contribution is 0.271. The molecule has 0 bridgehead atoms. The molecule has 1 unspecified atom stereocenters. The molecule has 1 aromatic carbocycles. The van der Waals surface area contributed by atoms with Crippen LogP contribution in [-0.4, -0.2) is 10.1 Å². The third kappa shape index (κ3) is 2.99. The third-order valence-corrected chi connectivity index (χ3v) is 1.62. The van der Waals surface area contributed by atoms with Crippen LogP contribution in [-0.2, 0) is 6.42 Å². The molecule has 0 spiro atoms. The Morgan fingerprint density at radius 3 is 2.82 bits per heavy atom. The van der Waals surface area contributed by atoms with Gasteiger partial charge in [-0.3, -0.25) is 0 Å². The Balaban J connectivity index is 2.71. The summed E-state index contributed by atoms with van der Waals surface area (Å²) in [6, 6.07) is 6.18. The van der Waals surface area contributed by atoms with Gasteiger partial charge in [0.05, 0.1) is 0 Å². The molecule has 11 heavy (non-hydrogen) atoms. The Morgan fingerprint density at radius 1 is 1.55 bits per heavy atom. The van der Waals surface area contributed by atoms with E-state index < -0.39 is 5.01 Å². The minimum atomic E-state index is -0.593. The van der Waals surface area contributed by atoms with Gasteiger partial charge in [-0.25, -0.2) is 4.39 Å². The van der Waals surface area contributed by atoms with E-state index in [-0.39, 0.29) is 5.82 Å². The van der Waals surface area contributed by atoms with Gasteiger partial charge in [-0.1, -0.05) is 28.1 Å². The molecule has 1 atom stereocenters. The number of aliphatic hydroxyl groups is 1. The van der Waals surface area contributed by atoms with E-state index in [1.165, 1.54) is 12.1 Å². The molecular formula is C8H8BrFO. The van der Waals surface area contributed by atoms with Crippen LogP contribution in [0.5, 0.6) is 0 Å². The molecule has 0 heterocycles. The molecular weight excluding hydrogens is 211 g/mol. The smallest absolute Gasteiger partial charge is 0.123 e. The summed E-state index contributed by atoms with van der Waals surface area (Å²) >= 11 is 2.97. The van der Waals surface area contributed by atoms with Gasteiger partial charge < -0.3 is 5.11 Å². The molecule has 0 radical (unpaired) electrons. The van der Waals surface area contributed by atoms with Crippen molar-refractivity contribution in [3.05, 3.63) is 35.6 Å². The molecule has 0 aliphatic heterocycles. The zero-order valence-corrected chi connectivity index (χ0v) is 7.38. The minimum Gasteiger partial charge on any atom is -0.382 e. The molecule has 0 fully saturated rings. The molecule has 60 valence electrons. The van der Waals surface area contributed by atoms with Crippen molar-refractivity contribution in [1.82, 2.24) is 0 Å². The maximum atomic E-state index is 12.5. The first-order valence-electron chi connectivity index (χ1n) is 3.25. The van der Waals surface area contributed by atoms with Gasteiger partial charge in [0, 0.05) is 6.42 Å². The van der Waals surface area contributed by atoms with Crippen LogP contribution in [0.25, 0.3) is 0 Å². The van der Waals surface area contributed by atoms with Gasteiger partial charge >= 0.3 is 0 Å². The molecule has 3 heteroatoms.